The monoisotopic (exact) mass is 265 g/mol. The molecular weight excluding hydrogens is 242 g/mol. The van der Waals surface area contributed by atoms with Crippen LogP contribution in [0.3, 0.4) is 0 Å². The Morgan fingerprint density at radius 1 is 1.32 bits per heavy atom. The molecule has 1 aromatic heterocycles. The van der Waals surface area contributed by atoms with Gasteiger partial charge >= 0.3 is 0 Å². The Kier molecular flexibility index (Phi) is 5.42. The van der Waals surface area contributed by atoms with Crippen molar-refractivity contribution in [1.29, 1.82) is 0 Å². The van der Waals surface area contributed by atoms with Gasteiger partial charge in [-0.25, -0.2) is 4.98 Å². The van der Waals surface area contributed by atoms with E-state index < -0.39 is 0 Å². The molecule has 0 aliphatic carbocycles. The van der Waals surface area contributed by atoms with Crippen molar-refractivity contribution in [3.05, 3.63) is 18.3 Å². The van der Waals surface area contributed by atoms with Crippen LogP contribution in [0.4, 0.5) is 5.82 Å². The Labute approximate surface area is 114 Å². The number of aliphatic hydroxyl groups excluding tert-OH is 1. The van der Waals surface area contributed by atoms with Gasteiger partial charge in [0.1, 0.15) is 0 Å². The zero-order chi connectivity index (χ0) is 13.5. The number of hydrogen-bond donors (Lipinski definition) is 1. The second-order valence-electron chi connectivity index (χ2n) is 4.73. The topological polar surface area (TPSA) is 48.8 Å². The second kappa shape index (κ2) is 7.31. The second-order valence-corrected chi connectivity index (χ2v) is 4.73. The molecule has 2 rings (SSSR count). The third kappa shape index (κ3) is 3.81. The quantitative estimate of drug-likeness (QED) is 0.831. The van der Waals surface area contributed by atoms with Crippen molar-refractivity contribution >= 4 is 5.82 Å². The van der Waals surface area contributed by atoms with Crippen molar-refractivity contribution in [2.24, 2.45) is 0 Å². The van der Waals surface area contributed by atoms with E-state index in [4.69, 9.17) is 9.84 Å². The summed E-state index contributed by atoms with van der Waals surface area (Å²) in [5.74, 6) is 1.82. The maximum Gasteiger partial charge on any atom is 0.171 e. The Morgan fingerprint density at radius 3 is 2.79 bits per heavy atom. The summed E-state index contributed by atoms with van der Waals surface area (Å²) in [6, 6.07) is 3.90. The Bertz CT molecular complexity index is 379. The summed E-state index contributed by atoms with van der Waals surface area (Å²) in [6.45, 7) is 7.60. The molecule has 0 aromatic carbocycles. The molecule has 0 amide bonds. The summed E-state index contributed by atoms with van der Waals surface area (Å²) in [6.07, 6.45) is 2.81. The van der Waals surface area contributed by atoms with Gasteiger partial charge in [0, 0.05) is 38.9 Å². The summed E-state index contributed by atoms with van der Waals surface area (Å²) in [7, 11) is 0. The Morgan fingerprint density at radius 2 is 2.11 bits per heavy atom. The summed E-state index contributed by atoms with van der Waals surface area (Å²) in [5, 5.41) is 8.96. The first-order chi connectivity index (χ1) is 9.35. The fraction of sp³-hybridized carbons (Fsp3) is 0.643. The minimum absolute atomic E-state index is 0.231. The van der Waals surface area contributed by atoms with Crippen LogP contribution in [0.25, 0.3) is 0 Å². The van der Waals surface area contributed by atoms with Crippen molar-refractivity contribution in [2.75, 3.05) is 50.8 Å². The number of ether oxygens (including phenoxy) is 1. The van der Waals surface area contributed by atoms with Crippen molar-refractivity contribution in [3.8, 4) is 5.75 Å². The third-order valence-corrected chi connectivity index (χ3v) is 3.30. The highest BCUT2D eigenvalue weighted by atomic mass is 16.5. The Hall–Kier alpha value is -1.33. The number of hydrogen-bond acceptors (Lipinski definition) is 5. The molecule has 0 spiro atoms. The normalized spacial score (nSPS) is 16.6. The number of anilines is 1. The average Bonchev–Trinajstić information content (AvgIpc) is 2.47. The van der Waals surface area contributed by atoms with Crippen LogP contribution in [0.5, 0.6) is 5.75 Å². The molecule has 106 valence electrons. The minimum atomic E-state index is 0.231. The lowest BCUT2D eigenvalue weighted by atomic mass is 10.3. The van der Waals surface area contributed by atoms with Crippen LogP contribution in [0.2, 0.25) is 0 Å². The number of piperazine rings is 1. The minimum Gasteiger partial charge on any atom is -0.490 e. The predicted molar refractivity (Wildman–Crippen MR) is 75.8 cm³/mol. The van der Waals surface area contributed by atoms with Crippen molar-refractivity contribution in [1.82, 2.24) is 9.88 Å². The summed E-state index contributed by atoms with van der Waals surface area (Å²) in [5.41, 5.74) is 0. The van der Waals surface area contributed by atoms with Crippen molar-refractivity contribution < 1.29 is 9.84 Å². The highest BCUT2D eigenvalue weighted by Crippen LogP contribution is 2.26. The van der Waals surface area contributed by atoms with E-state index in [-0.39, 0.29) is 6.61 Å². The summed E-state index contributed by atoms with van der Waals surface area (Å²) >= 11 is 0. The predicted octanol–water partition coefficient (Wildman–Crippen LogP) is 0.985. The number of rotatable bonds is 6. The molecule has 0 radical (unpaired) electrons. The first-order valence-electron chi connectivity index (χ1n) is 7.01. The summed E-state index contributed by atoms with van der Waals surface area (Å²) in [4.78, 5) is 8.99. The van der Waals surface area contributed by atoms with Gasteiger partial charge in [-0.15, -0.1) is 0 Å². The number of aliphatic hydroxyl groups is 1. The van der Waals surface area contributed by atoms with Gasteiger partial charge in [-0.1, -0.05) is 6.92 Å². The number of pyridine rings is 1. The molecule has 1 aliphatic heterocycles. The van der Waals surface area contributed by atoms with E-state index in [9.17, 15) is 0 Å². The zero-order valence-corrected chi connectivity index (χ0v) is 11.6. The van der Waals surface area contributed by atoms with Crippen LogP contribution in [0.15, 0.2) is 18.3 Å². The van der Waals surface area contributed by atoms with E-state index in [1.54, 1.807) is 0 Å². The molecule has 1 N–H and O–H groups in total. The molecule has 1 aliphatic rings. The Balaban J connectivity index is 1.98. The maximum atomic E-state index is 8.96. The molecular formula is C14H23N3O2. The van der Waals surface area contributed by atoms with Gasteiger partial charge in [0.15, 0.2) is 11.6 Å². The van der Waals surface area contributed by atoms with E-state index in [1.807, 2.05) is 18.3 Å². The van der Waals surface area contributed by atoms with E-state index in [2.05, 4.69) is 21.7 Å². The van der Waals surface area contributed by atoms with Crippen LogP contribution in [-0.2, 0) is 0 Å². The molecule has 1 fully saturated rings. The molecule has 0 unspecified atom stereocenters. The molecule has 2 heterocycles. The van der Waals surface area contributed by atoms with E-state index >= 15 is 0 Å². The van der Waals surface area contributed by atoms with Crippen LogP contribution in [0.1, 0.15) is 13.3 Å². The highest BCUT2D eigenvalue weighted by molar-refractivity contribution is 5.52. The fourth-order valence-corrected chi connectivity index (χ4v) is 2.27. The number of aromatic nitrogens is 1. The van der Waals surface area contributed by atoms with Gasteiger partial charge in [0.2, 0.25) is 0 Å². The van der Waals surface area contributed by atoms with Gasteiger partial charge in [-0.2, -0.15) is 0 Å². The van der Waals surface area contributed by atoms with Crippen molar-refractivity contribution in [3.63, 3.8) is 0 Å². The highest BCUT2D eigenvalue weighted by Gasteiger charge is 2.20. The lowest BCUT2D eigenvalue weighted by Crippen LogP contribution is -2.47. The smallest absolute Gasteiger partial charge is 0.171 e. The van der Waals surface area contributed by atoms with Gasteiger partial charge in [0.25, 0.3) is 0 Å². The summed E-state index contributed by atoms with van der Waals surface area (Å²) < 4.78 is 5.76. The lowest BCUT2D eigenvalue weighted by molar-refractivity contribution is 0.188. The first-order valence-corrected chi connectivity index (χ1v) is 7.01. The molecule has 0 bridgehead atoms. The van der Waals surface area contributed by atoms with E-state index in [1.165, 1.54) is 0 Å². The third-order valence-electron chi connectivity index (χ3n) is 3.30. The van der Waals surface area contributed by atoms with Gasteiger partial charge in [-0.3, -0.25) is 4.90 Å². The van der Waals surface area contributed by atoms with Crippen molar-refractivity contribution in [2.45, 2.75) is 13.3 Å². The molecule has 0 atom stereocenters. The van der Waals surface area contributed by atoms with E-state index in [0.29, 0.717) is 0 Å². The SMILES string of the molecule is CCCOc1cccnc1N1CCN(CCO)CC1. The number of nitrogens with zero attached hydrogens (tertiary/aromatic N) is 3. The van der Waals surface area contributed by atoms with Gasteiger partial charge in [-0.05, 0) is 18.6 Å². The first kappa shape index (κ1) is 14.1. The molecule has 5 heteroatoms. The zero-order valence-electron chi connectivity index (χ0n) is 11.6. The van der Waals surface area contributed by atoms with Crippen LogP contribution < -0.4 is 9.64 Å². The van der Waals surface area contributed by atoms with Gasteiger partial charge in [0.05, 0.1) is 13.2 Å². The lowest BCUT2D eigenvalue weighted by Gasteiger charge is -2.35. The molecule has 1 aromatic rings. The molecule has 1 saturated heterocycles. The van der Waals surface area contributed by atoms with E-state index in [0.717, 1.165) is 57.3 Å². The standard InChI is InChI=1S/C14H23N3O2/c1-2-12-19-13-4-3-5-15-14(13)17-8-6-16(7-9-17)10-11-18/h3-5,18H,2,6-12H2,1H3. The largest absolute Gasteiger partial charge is 0.490 e. The average molecular weight is 265 g/mol. The number of β-amino-alcohol motifs (C(OH)–C–C–N with tert-alkyl or cyclic N) is 1. The molecule has 19 heavy (non-hydrogen) atoms. The van der Waals surface area contributed by atoms with Crippen LogP contribution >= 0.6 is 0 Å². The van der Waals surface area contributed by atoms with Crippen LogP contribution in [0, 0.1) is 0 Å². The van der Waals surface area contributed by atoms with Crippen LogP contribution in [-0.4, -0.2) is 60.9 Å². The molecule has 0 saturated carbocycles. The fourth-order valence-electron chi connectivity index (χ4n) is 2.27. The maximum absolute atomic E-state index is 8.96. The van der Waals surface area contributed by atoms with Gasteiger partial charge < -0.3 is 14.7 Å². The molecule has 5 nitrogen and oxygen atoms in total.